The molecule has 0 aliphatic carbocycles. The van der Waals surface area contributed by atoms with E-state index < -0.39 is 6.10 Å². The zero-order valence-electron chi connectivity index (χ0n) is 17.9. The maximum Gasteiger partial charge on any atom is 0.267 e. The van der Waals surface area contributed by atoms with Gasteiger partial charge >= 0.3 is 0 Å². The largest absolute Gasteiger partial charge is 0.482 e. The van der Waals surface area contributed by atoms with E-state index in [0.717, 1.165) is 5.56 Å². The van der Waals surface area contributed by atoms with Crippen molar-refractivity contribution in [3.63, 3.8) is 0 Å². The molecular weight excluding hydrogens is 463 g/mol. The molecule has 1 unspecified atom stereocenters. The number of benzene rings is 3. The molecule has 1 aliphatic heterocycles. The van der Waals surface area contributed by atoms with Crippen molar-refractivity contribution >= 4 is 46.4 Å². The van der Waals surface area contributed by atoms with Gasteiger partial charge in [-0.25, -0.2) is 0 Å². The molecule has 6 nitrogen and oxygen atoms in total. The summed E-state index contributed by atoms with van der Waals surface area (Å²) in [7, 11) is 0. The third kappa shape index (κ3) is 5.59. The van der Waals surface area contributed by atoms with Gasteiger partial charge in [-0.2, -0.15) is 0 Å². The Labute approximate surface area is 202 Å². The number of fused-ring (bicyclic) bond motifs is 1. The lowest BCUT2D eigenvalue weighted by Gasteiger charge is -2.33. The van der Waals surface area contributed by atoms with Gasteiger partial charge in [0.2, 0.25) is 0 Å². The first-order valence-corrected chi connectivity index (χ1v) is 11.2. The summed E-state index contributed by atoms with van der Waals surface area (Å²) in [5, 5.41) is 3.59. The highest BCUT2D eigenvalue weighted by molar-refractivity contribution is 6.35. The Hall–Kier alpha value is -3.22. The van der Waals surface area contributed by atoms with Crippen LogP contribution in [0.4, 0.5) is 11.4 Å². The number of halogens is 2. The Kier molecular flexibility index (Phi) is 7.06. The third-order valence-electron chi connectivity index (χ3n) is 5.17. The van der Waals surface area contributed by atoms with Crippen LogP contribution in [-0.4, -0.2) is 31.1 Å². The molecule has 2 amide bonds. The molecule has 1 aliphatic rings. The first kappa shape index (κ1) is 23.0. The van der Waals surface area contributed by atoms with Gasteiger partial charge in [-0.1, -0.05) is 53.5 Å². The molecule has 3 aromatic carbocycles. The van der Waals surface area contributed by atoms with Crippen molar-refractivity contribution < 1.29 is 19.1 Å². The van der Waals surface area contributed by atoms with Gasteiger partial charge < -0.3 is 19.7 Å². The van der Waals surface area contributed by atoms with Gasteiger partial charge in [0, 0.05) is 17.3 Å². The molecule has 1 heterocycles. The van der Waals surface area contributed by atoms with Crippen LogP contribution in [0.2, 0.25) is 10.0 Å². The van der Waals surface area contributed by atoms with Crippen molar-refractivity contribution in [1.82, 2.24) is 0 Å². The topological polar surface area (TPSA) is 67.9 Å². The molecule has 0 aromatic heterocycles. The molecule has 33 heavy (non-hydrogen) atoms. The molecule has 4 rings (SSSR count). The van der Waals surface area contributed by atoms with Gasteiger partial charge in [-0.15, -0.1) is 0 Å². The summed E-state index contributed by atoms with van der Waals surface area (Å²) in [6.45, 7) is 2.00. The Balaban J connectivity index is 1.45. The number of nitrogens with one attached hydrogen (secondary N) is 1. The maximum atomic E-state index is 12.8. The fourth-order valence-corrected chi connectivity index (χ4v) is 4.00. The number of hydrogen-bond donors (Lipinski definition) is 1. The van der Waals surface area contributed by atoms with Crippen LogP contribution in [0.25, 0.3) is 0 Å². The summed E-state index contributed by atoms with van der Waals surface area (Å²) in [5.74, 6) is 0.468. The second kappa shape index (κ2) is 10.1. The second-order valence-electron chi connectivity index (χ2n) is 7.58. The van der Waals surface area contributed by atoms with Crippen molar-refractivity contribution in [3.8, 4) is 11.5 Å². The molecule has 0 spiro atoms. The lowest BCUT2D eigenvalue weighted by Crippen LogP contribution is -2.45. The minimum absolute atomic E-state index is 0.123. The number of hydrogen-bond acceptors (Lipinski definition) is 4. The Morgan fingerprint density at radius 3 is 2.64 bits per heavy atom. The van der Waals surface area contributed by atoms with Gasteiger partial charge in [-0.05, 0) is 55.3 Å². The summed E-state index contributed by atoms with van der Waals surface area (Å²) in [6, 6.07) is 19.9. The van der Waals surface area contributed by atoms with Crippen LogP contribution in [0.1, 0.15) is 12.5 Å². The molecule has 8 heteroatoms. The van der Waals surface area contributed by atoms with Gasteiger partial charge in [0.1, 0.15) is 11.5 Å². The summed E-state index contributed by atoms with van der Waals surface area (Å²) < 4.78 is 11.2. The van der Waals surface area contributed by atoms with Crippen LogP contribution >= 0.6 is 23.2 Å². The smallest absolute Gasteiger partial charge is 0.267 e. The normalized spacial score (nSPS) is 14.9. The first-order chi connectivity index (χ1) is 15.9. The van der Waals surface area contributed by atoms with Crippen LogP contribution in [0.5, 0.6) is 11.5 Å². The van der Waals surface area contributed by atoms with E-state index in [1.54, 1.807) is 48.2 Å². The minimum Gasteiger partial charge on any atom is -0.482 e. The van der Waals surface area contributed by atoms with Crippen molar-refractivity contribution in [3.05, 3.63) is 82.3 Å². The second-order valence-corrected chi connectivity index (χ2v) is 8.42. The van der Waals surface area contributed by atoms with E-state index in [9.17, 15) is 9.59 Å². The lowest BCUT2D eigenvalue weighted by atomic mass is 10.1. The average Bonchev–Trinajstić information content (AvgIpc) is 2.80. The molecule has 0 bridgehead atoms. The van der Waals surface area contributed by atoms with Crippen molar-refractivity contribution in [2.24, 2.45) is 0 Å². The van der Waals surface area contributed by atoms with Crippen molar-refractivity contribution in [2.45, 2.75) is 19.4 Å². The van der Waals surface area contributed by atoms with Gasteiger partial charge in [0.05, 0.1) is 10.7 Å². The molecule has 0 saturated heterocycles. The monoisotopic (exact) mass is 484 g/mol. The van der Waals surface area contributed by atoms with Crippen LogP contribution in [0, 0.1) is 0 Å². The van der Waals surface area contributed by atoms with E-state index in [-0.39, 0.29) is 18.4 Å². The number of carbonyl (C=O) groups excluding carboxylic acids is 2. The molecule has 0 fully saturated rings. The lowest BCUT2D eigenvalue weighted by molar-refractivity contribution is -0.125. The molecule has 1 atom stereocenters. The van der Waals surface area contributed by atoms with E-state index >= 15 is 0 Å². The van der Waals surface area contributed by atoms with Crippen LogP contribution < -0.4 is 19.7 Å². The summed E-state index contributed by atoms with van der Waals surface area (Å²) >= 11 is 12.0. The molecule has 170 valence electrons. The standard InChI is InChI=1S/C25H22Cl2N2O4/c1-16-25(31)29(12-11-17-5-3-2-4-6-17)21-14-19(8-10-23(21)33-16)28-24(30)15-32-22-9-7-18(26)13-20(22)27/h2-10,13-14,16H,11-12,15H2,1H3,(H,28,30). The summed E-state index contributed by atoms with van der Waals surface area (Å²) in [6.07, 6.45) is 0.122. The van der Waals surface area contributed by atoms with E-state index in [4.69, 9.17) is 32.7 Å². The SMILES string of the molecule is CC1Oc2ccc(NC(=O)COc3ccc(Cl)cc3Cl)cc2N(CCc2ccccc2)C1=O. The fraction of sp³-hybridized carbons (Fsp3) is 0.200. The number of rotatable bonds is 7. The quantitative estimate of drug-likeness (QED) is 0.489. The van der Waals surface area contributed by atoms with Crippen molar-refractivity contribution in [1.29, 1.82) is 0 Å². The Bertz CT molecular complexity index is 1170. The van der Waals surface area contributed by atoms with E-state index in [1.807, 2.05) is 30.3 Å². The predicted molar refractivity (Wildman–Crippen MR) is 130 cm³/mol. The number of amides is 2. The molecule has 1 N–H and O–H groups in total. The maximum absolute atomic E-state index is 12.8. The van der Waals surface area contributed by atoms with E-state index in [2.05, 4.69) is 5.32 Å². The van der Waals surface area contributed by atoms with Gasteiger partial charge in [0.25, 0.3) is 11.8 Å². The van der Waals surface area contributed by atoms with Gasteiger partial charge in [-0.3, -0.25) is 9.59 Å². The molecule has 0 radical (unpaired) electrons. The fourth-order valence-electron chi connectivity index (χ4n) is 3.53. The van der Waals surface area contributed by atoms with Crippen molar-refractivity contribution in [2.75, 3.05) is 23.4 Å². The zero-order valence-corrected chi connectivity index (χ0v) is 19.4. The molecular formula is C25H22Cl2N2O4. The Morgan fingerprint density at radius 2 is 1.88 bits per heavy atom. The number of nitrogens with zero attached hydrogens (tertiary/aromatic N) is 1. The number of ether oxygens (including phenoxy) is 2. The average molecular weight is 485 g/mol. The molecule has 0 saturated carbocycles. The first-order valence-electron chi connectivity index (χ1n) is 10.4. The van der Waals surface area contributed by atoms with E-state index in [0.29, 0.717) is 45.9 Å². The number of carbonyl (C=O) groups is 2. The minimum atomic E-state index is -0.578. The van der Waals surface area contributed by atoms with Crippen LogP contribution in [-0.2, 0) is 16.0 Å². The molecule has 3 aromatic rings. The highest BCUT2D eigenvalue weighted by Crippen LogP contribution is 2.36. The highest BCUT2D eigenvalue weighted by Gasteiger charge is 2.31. The highest BCUT2D eigenvalue weighted by atomic mass is 35.5. The number of anilines is 2. The Morgan fingerprint density at radius 1 is 1.09 bits per heavy atom. The summed E-state index contributed by atoms with van der Waals surface area (Å²) in [4.78, 5) is 27.0. The predicted octanol–water partition coefficient (Wildman–Crippen LogP) is 5.37. The third-order valence-corrected chi connectivity index (χ3v) is 5.70. The zero-order chi connectivity index (χ0) is 23.4. The van der Waals surface area contributed by atoms with Crippen LogP contribution in [0.3, 0.4) is 0 Å². The van der Waals surface area contributed by atoms with Gasteiger partial charge in [0.15, 0.2) is 12.7 Å². The van der Waals surface area contributed by atoms with E-state index in [1.165, 1.54) is 0 Å². The van der Waals surface area contributed by atoms with Crippen LogP contribution in [0.15, 0.2) is 66.7 Å². The summed E-state index contributed by atoms with van der Waals surface area (Å²) in [5.41, 5.74) is 2.28.